The van der Waals surface area contributed by atoms with Crippen molar-refractivity contribution in [3.8, 4) is 5.88 Å². The number of aromatic nitrogens is 2. The molecule has 0 saturated carbocycles. The maximum atomic E-state index is 10.1. The van der Waals surface area contributed by atoms with Crippen molar-refractivity contribution in [2.75, 3.05) is 7.11 Å². The number of rotatable bonds is 5. The van der Waals surface area contributed by atoms with Gasteiger partial charge in [0.05, 0.1) is 12.8 Å². The van der Waals surface area contributed by atoms with E-state index in [1.54, 1.807) is 12.1 Å². The smallest absolute Gasteiger partial charge is 0.233 e. The molecule has 1 atom stereocenters. The summed E-state index contributed by atoms with van der Waals surface area (Å²) in [4.78, 5) is 0. The van der Waals surface area contributed by atoms with Crippen molar-refractivity contribution >= 4 is 0 Å². The molecule has 0 aliphatic rings. The van der Waals surface area contributed by atoms with E-state index in [-0.39, 0.29) is 0 Å². The molecule has 0 aliphatic heterocycles. The van der Waals surface area contributed by atoms with Gasteiger partial charge >= 0.3 is 0 Å². The predicted octanol–water partition coefficient (Wildman–Crippen LogP) is 2.32. The molecule has 1 unspecified atom stereocenters. The van der Waals surface area contributed by atoms with Crippen LogP contribution in [0.3, 0.4) is 0 Å². The van der Waals surface area contributed by atoms with Crippen molar-refractivity contribution < 1.29 is 9.84 Å². The van der Waals surface area contributed by atoms with E-state index in [9.17, 15) is 5.11 Å². The quantitative estimate of drug-likeness (QED) is 0.894. The zero-order chi connectivity index (χ0) is 13.7. The molecule has 0 spiro atoms. The van der Waals surface area contributed by atoms with Crippen molar-refractivity contribution in [2.45, 2.75) is 25.9 Å². The minimum atomic E-state index is -0.647. The van der Waals surface area contributed by atoms with Gasteiger partial charge in [-0.15, -0.1) is 10.2 Å². The number of nitrogens with zero attached hydrogens (tertiary/aromatic N) is 2. The molecular weight excluding hydrogens is 240 g/mol. The van der Waals surface area contributed by atoms with Crippen LogP contribution in [0.15, 0.2) is 36.4 Å². The van der Waals surface area contributed by atoms with Crippen LogP contribution >= 0.6 is 0 Å². The topological polar surface area (TPSA) is 55.2 Å². The first-order chi connectivity index (χ1) is 9.22. The van der Waals surface area contributed by atoms with E-state index >= 15 is 0 Å². The van der Waals surface area contributed by atoms with Crippen LogP contribution in [0.5, 0.6) is 5.88 Å². The van der Waals surface area contributed by atoms with E-state index in [2.05, 4.69) is 29.3 Å². The maximum absolute atomic E-state index is 10.1. The summed E-state index contributed by atoms with van der Waals surface area (Å²) >= 11 is 0. The van der Waals surface area contributed by atoms with Crippen molar-refractivity contribution in [3.63, 3.8) is 0 Å². The van der Waals surface area contributed by atoms with Crippen LogP contribution in [0.2, 0.25) is 0 Å². The first-order valence-corrected chi connectivity index (χ1v) is 6.36. The fourth-order valence-electron chi connectivity index (χ4n) is 1.86. The molecule has 0 saturated heterocycles. The molecule has 1 aromatic heterocycles. The second-order valence-corrected chi connectivity index (χ2v) is 4.39. The summed E-state index contributed by atoms with van der Waals surface area (Å²) in [6.07, 6.45) is 0.906. The van der Waals surface area contributed by atoms with Crippen LogP contribution in [-0.2, 0) is 12.8 Å². The van der Waals surface area contributed by atoms with Gasteiger partial charge in [-0.1, -0.05) is 31.2 Å². The predicted molar refractivity (Wildman–Crippen MR) is 73.1 cm³/mol. The number of hydrogen-bond donors (Lipinski definition) is 1. The van der Waals surface area contributed by atoms with E-state index in [1.807, 2.05) is 12.1 Å². The Balaban J connectivity index is 2.04. The molecule has 1 N–H and O–H groups in total. The largest absolute Gasteiger partial charge is 0.480 e. The Kier molecular flexibility index (Phi) is 4.47. The number of methoxy groups -OCH3 is 1. The summed E-state index contributed by atoms with van der Waals surface area (Å²) < 4.78 is 4.94. The molecule has 1 aromatic carbocycles. The zero-order valence-corrected chi connectivity index (χ0v) is 11.2. The Morgan fingerprint density at radius 3 is 2.26 bits per heavy atom. The lowest BCUT2D eigenvalue weighted by atomic mass is 10.0. The molecule has 4 heteroatoms. The minimum Gasteiger partial charge on any atom is -0.480 e. The Morgan fingerprint density at radius 2 is 1.74 bits per heavy atom. The van der Waals surface area contributed by atoms with Crippen LogP contribution in [0.1, 0.15) is 29.8 Å². The van der Waals surface area contributed by atoms with Gasteiger partial charge < -0.3 is 9.84 Å². The van der Waals surface area contributed by atoms with E-state index in [0.29, 0.717) is 18.0 Å². The van der Waals surface area contributed by atoms with Gasteiger partial charge in [-0.3, -0.25) is 0 Å². The summed E-state index contributed by atoms with van der Waals surface area (Å²) in [5.74, 6) is 0.447. The molecule has 0 aliphatic carbocycles. The first kappa shape index (κ1) is 13.5. The van der Waals surface area contributed by atoms with Crippen LogP contribution in [0.25, 0.3) is 0 Å². The third-order valence-corrected chi connectivity index (χ3v) is 3.07. The van der Waals surface area contributed by atoms with Gasteiger partial charge in [-0.25, -0.2) is 0 Å². The average Bonchev–Trinajstić information content (AvgIpc) is 2.48. The molecule has 2 aromatic rings. The standard InChI is InChI=1S/C15H18N2O2/c1-3-11-4-6-12(7-5-11)10-14(18)13-8-9-15(19-2)17-16-13/h4-9,14,18H,3,10H2,1-2H3. The van der Waals surface area contributed by atoms with E-state index in [1.165, 1.54) is 12.7 Å². The van der Waals surface area contributed by atoms with Crippen molar-refractivity contribution in [3.05, 3.63) is 53.2 Å². The molecule has 0 amide bonds. The average molecular weight is 258 g/mol. The monoisotopic (exact) mass is 258 g/mol. The number of benzene rings is 1. The Bertz CT molecular complexity index is 509. The molecular formula is C15H18N2O2. The number of aryl methyl sites for hydroxylation is 1. The molecule has 0 radical (unpaired) electrons. The molecule has 100 valence electrons. The van der Waals surface area contributed by atoms with Crippen LogP contribution in [-0.4, -0.2) is 22.4 Å². The first-order valence-electron chi connectivity index (χ1n) is 6.36. The normalized spacial score (nSPS) is 12.2. The van der Waals surface area contributed by atoms with E-state index in [4.69, 9.17) is 4.74 Å². The maximum Gasteiger partial charge on any atom is 0.233 e. The van der Waals surface area contributed by atoms with Gasteiger partial charge in [0, 0.05) is 12.5 Å². The Hall–Kier alpha value is -1.94. The second-order valence-electron chi connectivity index (χ2n) is 4.39. The second kappa shape index (κ2) is 6.29. The highest BCUT2D eigenvalue weighted by molar-refractivity contribution is 5.24. The number of aliphatic hydroxyl groups excluding tert-OH is 1. The summed E-state index contributed by atoms with van der Waals surface area (Å²) in [7, 11) is 1.54. The van der Waals surface area contributed by atoms with Gasteiger partial charge in [0.25, 0.3) is 0 Å². The molecule has 1 heterocycles. The summed E-state index contributed by atoms with van der Waals surface area (Å²) in [6.45, 7) is 2.12. The Morgan fingerprint density at radius 1 is 1.05 bits per heavy atom. The number of hydrogen-bond acceptors (Lipinski definition) is 4. The lowest BCUT2D eigenvalue weighted by molar-refractivity contribution is 0.172. The third kappa shape index (κ3) is 3.51. The lowest BCUT2D eigenvalue weighted by Crippen LogP contribution is -2.05. The van der Waals surface area contributed by atoms with Gasteiger partial charge in [0.2, 0.25) is 5.88 Å². The summed E-state index contributed by atoms with van der Waals surface area (Å²) in [6, 6.07) is 11.7. The third-order valence-electron chi connectivity index (χ3n) is 3.07. The van der Waals surface area contributed by atoms with Crippen molar-refractivity contribution in [2.24, 2.45) is 0 Å². The summed E-state index contributed by atoms with van der Waals surface area (Å²) in [5.41, 5.74) is 2.94. The van der Waals surface area contributed by atoms with Gasteiger partial charge in [0.1, 0.15) is 6.10 Å². The highest BCUT2D eigenvalue weighted by Crippen LogP contribution is 2.17. The highest BCUT2D eigenvalue weighted by Gasteiger charge is 2.11. The molecule has 19 heavy (non-hydrogen) atoms. The van der Waals surface area contributed by atoms with E-state index < -0.39 is 6.10 Å². The van der Waals surface area contributed by atoms with Gasteiger partial charge in [-0.2, -0.15) is 0 Å². The van der Waals surface area contributed by atoms with Crippen LogP contribution in [0, 0.1) is 0 Å². The van der Waals surface area contributed by atoms with Gasteiger partial charge in [0.15, 0.2) is 0 Å². The fourth-order valence-corrected chi connectivity index (χ4v) is 1.86. The molecule has 4 nitrogen and oxygen atoms in total. The molecule has 2 rings (SSSR count). The summed E-state index contributed by atoms with van der Waals surface area (Å²) in [5, 5.41) is 17.9. The lowest BCUT2D eigenvalue weighted by Gasteiger charge is -2.10. The fraction of sp³-hybridized carbons (Fsp3) is 0.333. The van der Waals surface area contributed by atoms with Crippen molar-refractivity contribution in [1.29, 1.82) is 0 Å². The number of ether oxygens (including phenoxy) is 1. The SMILES string of the molecule is CCc1ccc(CC(O)c2ccc(OC)nn2)cc1. The van der Waals surface area contributed by atoms with E-state index in [0.717, 1.165) is 12.0 Å². The molecule has 0 fully saturated rings. The van der Waals surface area contributed by atoms with Crippen molar-refractivity contribution in [1.82, 2.24) is 10.2 Å². The number of aliphatic hydroxyl groups is 1. The molecule has 0 bridgehead atoms. The van der Waals surface area contributed by atoms with Gasteiger partial charge in [-0.05, 0) is 23.6 Å². The highest BCUT2D eigenvalue weighted by atomic mass is 16.5. The Labute approximate surface area is 113 Å². The van der Waals surface area contributed by atoms with Crippen LogP contribution in [0.4, 0.5) is 0 Å². The van der Waals surface area contributed by atoms with Crippen LogP contribution < -0.4 is 4.74 Å². The minimum absolute atomic E-state index is 0.447. The zero-order valence-electron chi connectivity index (χ0n) is 11.2.